The van der Waals surface area contributed by atoms with Crippen molar-refractivity contribution in [3.63, 3.8) is 0 Å². The Balaban J connectivity index is 1.57. The molecule has 8 atom stereocenters. The third kappa shape index (κ3) is 4.94. The first-order chi connectivity index (χ1) is 19.6. The SMILES string of the molecule is COCO[C@H]1CC2(OCOC)C[C@@H](CO[Si](c3ccccc3)(c3ccccc3)C(C)(C)C)[C@@H]1[C@@H]1C[C@H](O)[C@@H](O)[C@]12C. The summed E-state index contributed by atoms with van der Waals surface area (Å²) in [5.74, 6) is 0.175. The van der Waals surface area contributed by atoms with Crippen LogP contribution in [0.25, 0.3) is 0 Å². The molecule has 4 aliphatic rings. The molecule has 4 aliphatic carbocycles. The number of hydrogen-bond donors (Lipinski definition) is 2. The van der Waals surface area contributed by atoms with E-state index in [1.54, 1.807) is 14.2 Å². The van der Waals surface area contributed by atoms with E-state index in [4.69, 9.17) is 23.4 Å². The molecule has 0 aliphatic heterocycles. The molecule has 7 nitrogen and oxygen atoms in total. The van der Waals surface area contributed by atoms with Crippen LogP contribution in [0.2, 0.25) is 5.04 Å². The zero-order valence-corrected chi connectivity index (χ0v) is 26.4. The molecule has 0 aromatic heterocycles. The Morgan fingerprint density at radius 3 is 2.00 bits per heavy atom. The second kappa shape index (κ2) is 11.8. The second-order valence-electron chi connectivity index (χ2n) is 13.5. The molecular formula is C33H48O7Si. The van der Waals surface area contributed by atoms with Crippen molar-refractivity contribution in [1.29, 1.82) is 0 Å². The fourth-order valence-corrected chi connectivity index (χ4v) is 13.4. The minimum absolute atomic E-state index is 0.00136. The van der Waals surface area contributed by atoms with Gasteiger partial charge in [0.15, 0.2) is 0 Å². The molecular weight excluding hydrogens is 536 g/mol. The molecule has 8 heteroatoms. The van der Waals surface area contributed by atoms with Gasteiger partial charge in [0, 0.05) is 32.7 Å². The third-order valence-electron chi connectivity index (χ3n) is 10.6. The van der Waals surface area contributed by atoms with Crippen molar-refractivity contribution in [3.05, 3.63) is 60.7 Å². The van der Waals surface area contributed by atoms with Crippen LogP contribution in [0.1, 0.15) is 47.0 Å². The number of rotatable bonds is 11. The van der Waals surface area contributed by atoms with Crippen LogP contribution in [-0.4, -0.2) is 76.9 Å². The lowest BCUT2D eigenvalue weighted by Gasteiger charge is -2.65. The molecule has 1 unspecified atom stereocenters. The van der Waals surface area contributed by atoms with E-state index in [2.05, 4.69) is 88.4 Å². The predicted molar refractivity (Wildman–Crippen MR) is 160 cm³/mol. The summed E-state index contributed by atoms with van der Waals surface area (Å²) in [7, 11) is 0.485. The maximum absolute atomic E-state index is 11.4. The Morgan fingerprint density at radius 2 is 1.46 bits per heavy atom. The van der Waals surface area contributed by atoms with Gasteiger partial charge in [0.2, 0.25) is 0 Å². The molecule has 4 fully saturated rings. The predicted octanol–water partition coefficient (Wildman–Crippen LogP) is 3.70. The van der Waals surface area contributed by atoms with Crippen LogP contribution in [0, 0.1) is 23.2 Å². The topological polar surface area (TPSA) is 86.6 Å². The highest BCUT2D eigenvalue weighted by Crippen LogP contribution is 2.68. The van der Waals surface area contributed by atoms with E-state index in [1.807, 2.05) is 0 Å². The number of aliphatic hydroxyl groups is 2. The average Bonchev–Trinajstić information content (AvgIpc) is 3.21. The zero-order chi connectivity index (χ0) is 29.5. The van der Waals surface area contributed by atoms with E-state index in [1.165, 1.54) is 10.4 Å². The van der Waals surface area contributed by atoms with E-state index in [0.29, 0.717) is 25.9 Å². The molecule has 0 spiro atoms. The van der Waals surface area contributed by atoms with Crippen LogP contribution >= 0.6 is 0 Å². The lowest BCUT2D eigenvalue weighted by Crippen LogP contribution is -2.71. The lowest BCUT2D eigenvalue weighted by atomic mass is 9.45. The fraction of sp³-hybridized carbons (Fsp3) is 0.636. The molecule has 226 valence electrons. The van der Waals surface area contributed by atoms with Crippen molar-refractivity contribution in [2.75, 3.05) is 34.4 Å². The summed E-state index contributed by atoms with van der Waals surface area (Å²) in [6.45, 7) is 9.78. The molecule has 6 rings (SSSR count). The summed E-state index contributed by atoms with van der Waals surface area (Å²) in [5.41, 5.74) is -1.37. The normalized spacial score (nSPS) is 35.0. The highest BCUT2D eigenvalue weighted by molar-refractivity contribution is 6.99. The van der Waals surface area contributed by atoms with Crippen LogP contribution in [0.5, 0.6) is 0 Å². The van der Waals surface area contributed by atoms with Gasteiger partial charge in [0.25, 0.3) is 8.32 Å². The Morgan fingerprint density at radius 1 is 0.878 bits per heavy atom. The Bertz CT molecular complexity index is 1100. The van der Waals surface area contributed by atoms with E-state index in [0.717, 1.165) is 0 Å². The summed E-state index contributed by atoms with van der Waals surface area (Å²) in [5, 5.41) is 24.7. The van der Waals surface area contributed by atoms with Crippen LogP contribution in [0.3, 0.4) is 0 Å². The fourth-order valence-electron chi connectivity index (χ4n) is 8.79. The highest BCUT2D eigenvalue weighted by atomic mass is 28.4. The van der Waals surface area contributed by atoms with Crippen LogP contribution in [0.15, 0.2) is 60.7 Å². The van der Waals surface area contributed by atoms with Gasteiger partial charge in [-0.1, -0.05) is 88.4 Å². The molecule has 41 heavy (non-hydrogen) atoms. The minimum atomic E-state index is -2.77. The van der Waals surface area contributed by atoms with Crippen molar-refractivity contribution in [2.45, 2.75) is 75.9 Å². The van der Waals surface area contributed by atoms with E-state index in [-0.39, 0.29) is 42.5 Å². The molecule has 4 saturated carbocycles. The summed E-state index contributed by atoms with van der Waals surface area (Å²) >= 11 is 0. The highest BCUT2D eigenvalue weighted by Gasteiger charge is 2.73. The second-order valence-corrected chi connectivity index (χ2v) is 17.8. The van der Waals surface area contributed by atoms with Gasteiger partial charge in [0.1, 0.15) is 13.6 Å². The zero-order valence-electron chi connectivity index (χ0n) is 25.4. The largest absolute Gasteiger partial charge is 0.407 e. The van der Waals surface area contributed by atoms with Gasteiger partial charge in [-0.2, -0.15) is 0 Å². The van der Waals surface area contributed by atoms with Gasteiger partial charge in [-0.05, 0) is 46.0 Å². The number of fused-ring (bicyclic) bond motifs is 2. The smallest absolute Gasteiger partial charge is 0.261 e. The lowest BCUT2D eigenvalue weighted by molar-refractivity contribution is -0.311. The van der Waals surface area contributed by atoms with Crippen molar-refractivity contribution in [1.82, 2.24) is 0 Å². The first-order valence-corrected chi connectivity index (χ1v) is 16.8. The van der Waals surface area contributed by atoms with Crippen molar-refractivity contribution in [3.8, 4) is 0 Å². The monoisotopic (exact) mass is 584 g/mol. The number of aliphatic hydroxyl groups excluding tert-OH is 2. The summed E-state index contributed by atoms with van der Waals surface area (Å²) < 4.78 is 31.1. The van der Waals surface area contributed by atoms with Gasteiger partial charge in [-0.3, -0.25) is 0 Å². The van der Waals surface area contributed by atoms with Gasteiger partial charge < -0.3 is 33.6 Å². The molecule has 2 aromatic carbocycles. The van der Waals surface area contributed by atoms with Gasteiger partial charge in [0.05, 0.1) is 23.9 Å². The minimum Gasteiger partial charge on any atom is -0.407 e. The average molecular weight is 585 g/mol. The van der Waals surface area contributed by atoms with Crippen LogP contribution < -0.4 is 10.4 Å². The van der Waals surface area contributed by atoms with Crippen molar-refractivity contribution < 1.29 is 33.6 Å². The first kappa shape index (κ1) is 30.8. The molecule has 0 amide bonds. The number of hydrogen-bond acceptors (Lipinski definition) is 7. The molecule has 0 saturated heterocycles. The molecule has 0 radical (unpaired) electrons. The molecule has 0 heterocycles. The van der Waals surface area contributed by atoms with Crippen molar-refractivity contribution in [2.24, 2.45) is 23.2 Å². The van der Waals surface area contributed by atoms with E-state index >= 15 is 0 Å². The summed E-state index contributed by atoms with van der Waals surface area (Å²) in [6, 6.07) is 21.4. The maximum Gasteiger partial charge on any atom is 0.261 e. The van der Waals surface area contributed by atoms with Gasteiger partial charge >= 0.3 is 0 Å². The Labute approximate surface area is 246 Å². The van der Waals surface area contributed by atoms with E-state index < -0.39 is 31.5 Å². The number of methoxy groups -OCH3 is 2. The summed E-state index contributed by atoms with van der Waals surface area (Å²) in [4.78, 5) is 0. The van der Waals surface area contributed by atoms with Crippen LogP contribution in [-0.2, 0) is 23.4 Å². The molecule has 2 aromatic rings. The molecule has 2 N–H and O–H groups in total. The van der Waals surface area contributed by atoms with Gasteiger partial charge in [-0.25, -0.2) is 0 Å². The Kier molecular flexibility index (Phi) is 8.88. The van der Waals surface area contributed by atoms with Crippen molar-refractivity contribution >= 4 is 18.7 Å². The number of ether oxygens (including phenoxy) is 4. The first-order valence-electron chi connectivity index (χ1n) is 14.9. The quantitative estimate of drug-likeness (QED) is 0.308. The number of benzene rings is 2. The summed E-state index contributed by atoms with van der Waals surface area (Å²) in [6.07, 6.45) is -0.0314. The maximum atomic E-state index is 11.4. The third-order valence-corrected chi connectivity index (χ3v) is 15.6. The van der Waals surface area contributed by atoms with Crippen LogP contribution in [0.4, 0.5) is 0 Å². The standard InChI is InChI=1S/C33H48O7Si/c1-31(2,3)41(24-13-9-7-10-14-24,25-15-11-8-12-16-25)40-20-23-18-33(39-22-37-6)19-28(38-21-36-5)29(23)26-17-27(34)30(35)32(26,33)4/h7-16,23,26-30,34-35H,17-22H2,1-6H3/t23-,26-,27-,28-,29+,30+,32-,33?/m0/s1. The van der Waals surface area contributed by atoms with Gasteiger partial charge in [-0.15, -0.1) is 0 Å². The molecule has 2 bridgehead atoms. The van der Waals surface area contributed by atoms with E-state index in [9.17, 15) is 10.2 Å². The Hall–Kier alpha value is -1.62.